The number of thiazole rings is 1. The number of halogens is 1. The molecule has 0 unspecified atom stereocenters. The van der Waals surface area contributed by atoms with Gasteiger partial charge in [-0.1, -0.05) is 40.2 Å². The minimum Gasteiger partial charge on any atom is -0.343 e. The number of hydrogen-bond donors (Lipinski definition) is 0. The highest BCUT2D eigenvalue weighted by molar-refractivity contribution is 9.10. The Kier molecular flexibility index (Phi) is 5.87. The van der Waals surface area contributed by atoms with Crippen molar-refractivity contribution < 1.29 is 9.59 Å². The van der Waals surface area contributed by atoms with Crippen LogP contribution in [0.15, 0.2) is 53.0 Å². The van der Waals surface area contributed by atoms with Gasteiger partial charge < -0.3 is 4.90 Å². The van der Waals surface area contributed by atoms with Crippen molar-refractivity contribution in [3.05, 3.63) is 63.6 Å². The highest BCUT2D eigenvalue weighted by Crippen LogP contribution is 2.33. The van der Waals surface area contributed by atoms with Gasteiger partial charge in [0.15, 0.2) is 5.78 Å². The Hall–Kier alpha value is -2.05. The molecule has 1 amide bonds. The molecule has 6 heteroatoms. The van der Waals surface area contributed by atoms with Crippen LogP contribution in [0.5, 0.6) is 0 Å². The van der Waals surface area contributed by atoms with Gasteiger partial charge in [0.25, 0.3) is 0 Å². The number of fused-ring (bicyclic) bond motifs is 1. The van der Waals surface area contributed by atoms with E-state index in [0.29, 0.717) is 11.5 Å². The van der Waals surface area contributed by atoms with Crippen molar-refractivity contribution in [2.45, 2.75) is 31.6 Å². The SMILES string of the molecule is O=C(CCC(=O)N1CCC(c2nc3ccccc3s2)CC1)c1ccc(Br)cc1. The third-order valence-corrected chi connectivity index (χ3v) is 6.97. The monoisotopic (exact) mass is 456 g/mol. The van der Waals surface area contributed by atoms with Crippen LogP contribution in [-0.4, -0.2) is 34.7 Å². The van der Waals surface area contributed by atoms with Gasteiger partial charge in [0, 0.05) is 41.9 Å². The number of carbonyl (C=O) groups is 2. The lowest BCUT2D eigenvalue weighted by Crippen LogP contribution is -2.38. The van der Waals surface area contributed by atoms with Gasteiger partial charge >= 0.3 is 0 Å². The number of Topliss-reactive ketones (excluding diaryl/α,β-unsaturated/α-hetero) is 1. The Morgan fingerprint density at radius 2 is 1.75 bits per heavy atom. The molecule has 0 spiro atoms. The fourth-order valence-corrected chi connectivity index (χ4v) is 5.00. The average molecular weight is 457 g/mol. The van der Waals surface area contributed by atoms with Gasteiger partial charge in [-0.2, -0.15) is 0 Å². The largest absolute Gasteiger partial charge is 0.343 e. The van der Waals surface area contributed by atoms with Crippen LogP contribution in [0, 0.1) is 0 Å². The number of piperidine rings is 1. The van der Waals surface area contributed by atoms with E-state index < -0.39 is 0 Å². The van der Waals surface area contributed by atoms with E-state index in [1.54, 1.807) is 23.5 Å². The number of rotatable bonds is 5. The van der Waals surface area contributed by atoms with E-state index in [1.807, 2.05) is 29.2 Å². The lowest BCUT2D eigenvalue weighted by molar-refractivity contribution is -0.132. The minimum absolute atomic E-state index is 0.0187. The van der Waals surface area contributed by atoms with E-state index in [9.17, 15) is 9.59 Å². The first-order valence-corrected chi connectivity index (χ1v) is 11.1. The van der Waals surface area contributed by atoms with Gasteiger partial charge in [0.2, 0.25) is 5.91 Å². The van der Waals surface area contributed by atoms with Crippen molar-refractivity contribution in [2.24, 2.45) is 0 Å². The van der Waals surface area contributed by atoms with Gasteiger partial charge in [0.1, 0.15) is 0 Å². The molecule has 144 valence electrons. The summed E-state index contributed by atoms with van der Waals surface area (Å²) in [7, 11) is 0. The molecule has 0 atom stereocenters. The maximum absolute atomic E-state index is 12.5. The quantitative estimate of drug-likeness (QED) is 0.481. The molecule has 0 radical (unpaired) electrons. The maximum atomic E-state index is 12.5. The summed E-state index contributed by atoms with van der Waals surface area (Å²) in [5.41, 5.74) is 1.72. The molecule has 2 aromatic carbocycles. The maximum Gasteiger partial charge on any atom is 0.223 e. The highest BCUT2D eigenvalue weighted by Gasteiger charge is 2.26. The van der Waals surface area contributed by atoms with Crippen molar-refractivity contribution in [2.75, 3.05) is 13.1 Å². The van der Waals surface area contributed by atoms with Gasteiger partial charge in [-0.25, -0.2) is 4.98 Å². The summed E-state index contributed by atoms with van der Waals surface area (Å²) >= 11 is 5.13. The zero-order chi connectivity index (χ0) is 19.5. The van der Waals surface area contributed by atoms with Crippen molar-refractivity contribution in [3.8, 4) is 0 Å². The molecule has 1 aliphatic rings. The Labute approximate surface area is 176 Å². The molecular formula is C22H21BrN2O2S. The second-order valence-corrected chi connectivity index (χ2v) is 9.08. The number of para-hydroxylation sites is 1. The molecular weight excluding hydrogens is 436 g/mol. The van der Waals surface area contributed by atoms with E-state index in [2.05, 4.69) is 28.1 Å². The van der Waals surface area contributed by atoms with Crippen LogP contribution in [-0.2, 0) is 4.79 Å². The van der Waals surface area contributed by atoms with E-state index in [4.69, 9.17) is 4.98 Å². The summed E-state index contributed by atoms with van der Waals surface area (Å²) in [4.78, 5) is 31.5. The first-order chi connectivity index (χ1) is 13.6. The summed E-state index contributed by atoms with van der Waals surface area (Å²) in [5, 5.41) is 1.18. The molecule has 28 heavy (non-hydrogen) atoms. The van der Waals surface area contributed by atoms with E-state index >= 15 is 0 Å². The molecule has 0 bridgehead atoms. The molecule has 1 aromatic heterocycles. The van der Waals surface area contributed by atoms with Crippen LogP contribution in [0.4, 0.5) is 0 Å². The predicted octanol–water partition coefficient (Wildman–Crippen LogP) is 5.43. The van der Waals surface area contributed by atoms with E-state index in [0.717, 1.165) is 35.9 Å². The molecule has 3 aromatic rings. The van der Waals surface area contributed by atoms with Crippen LogP contribution in [0.2, 0.25) is 0 Å². The summed E-state index contributed by atoms with van der Waals surface area (Å²) in [6.45, 7) is 1.48. The third kappa shape index (κ3) is 4.33. The Balaban J connectivity index is 1.29. The second kappa shape index (κ2) is 8.53. The summed E-state index contributed by atoms with van der Waals surface area (Å²) in [6.07, 6.45) is 2.41. The Morgan fingerprint density at radius 1 is 1.04 bits per heavy atom. The molecule has 1 aliphatic heterocycles. The van der Waals surface area contributed by atoms with E-state index in [-0.39, 0.29) is 24.5 Å². The van der Waals surface area contributed by atoms with Crippen LogP contribution in [0.3, 0.4) is 0 Å². The van der Waals surface area contributed by atoms with Crippen LogP contribution in [0.25, 0.3) is 10.2 Å². The number of hydrogen-bond acceptors (Lipinski definition) is 4. The van der Waals surface area contributed by atoms with Crippen molar-refractivity contribution in [1.29, 1.82) is 0 Å². The number of benzene rings is 2. The second-order valence-electron chi connectivity index (χ2n) is 7.10. The average Bonchev–Trinajstić information content (AvgIpc) is 3.16. The zero-order valence-corrected chi connectivity index (χ0v) is 17.8. The normalized spacial score (nSPS) is 15.1. The van der Waals surface area contributed by atoms with Crippen LogP contribution >= 0.6 is 27.3 Å². The number of likely N-dealkylation sites (tertiary alicyclic amines) is 1. The van der Waals surface area contributed by atoms with Crippen molar-refractivity contribution in [3.63, 3.8) is 0 Å². The smallest absolute Gasteiger partial charge is 0.223 e. The fourth-order valence-electron chi connectivity index (χ4n) is 3.60. The van der Waals surface area contributed by atoms with Crippen molar-refractivity contribution >= 4 is 49.2 Å². The summed E-state index contributed by atoms with van der Waals surface area (Å²) < 4.78 is 2.17. The van der Waals surface area contributed by atoms with Crippen LogP contribution < -0.4 is 0 Å². The lowest BCUT2D eigenvalue weighted by Gasteiger charge is -2.31. The summed E-state index contributed by atoms with van der Waals surface area (Å²) in [5.74, 6) is 0.518. The Morgan fingerprint density at radius 3 is 2.46 bits per heavy atom. The first-order valence-electron chi connectivity index (χ1n) is 9.52. The number of amides is 1. The molecule has 0 saturated carbocycles. The van der Waals surface area contributed by atoms with Crippen LogP contribution in [0.1, 0.15) is 47.0 Å². The topological polar surface area (TPSA) is 50.3 Å². The van der Waals surface area contributed by atoms with E-state index in [1.165, 1.54) is 9.71 Å². The van der Waals surface area contributed by atoms with Gasteiger partial charge in [-0.05, 0) is 37.1 Å². The lowest BCUT2D eigenvalue weighted by atomic mass is 9.97. The molecule has 4 rings (SSSR count). The number of nitrogens with zero attached hydrogens (tertiary/aromatic N) is 2. The predicted molar refractivity (Wildman–Crippen MR) is 116 cm³/mol. The standard InChI is InChI=1S/C22H21BrN2O2S/c23-17-7-5-15(6-8-17)19(26)9-10-21(27)25-13-11-16(12-14-25)22-24-18-3-1-2-4-20(18)28-22/h1-8,16H,9-14H2. The van der Waals surface area contributed by atoms with Gasteiger partial charge in [-0.15, -0.1) is 11.3 Å². The molecule has 1 fully saturated rings. The fraction of sp³-hybridized carbons (Fsp3) is 0.318. The first kappa shape index (κ1) is 19.3. The molecule has 4 nitrogen and oxygen atoms in total. The molecule has 0 N–H and O–H groups in total. The van der Waals surface area contributed by atoms with Crippen molar-refractivity contribution in [1.82, 2.24) is 9.88 Å². The number of carbonyl (C=O) groups excluding carboxylic acids is 2. The molecule has 2 heterocycles. The number of aromatic nitrogens is 1. The minimum atomic E-state index is 0.0187. The summed E-state index contributed by atoms with van der Waals surface area (Å²) in [6, 6.07) is 15.5. The van der Waals surface area contributed by atoms with Gasteiger partial charge in [0.05, 0.1) is 15.2 Å². The van der Waals surface area contributed by atoms with Gasteiger partial charge in [-0.3, -0.25) is 9.59 Å². The highest BCUT2D eigenvalue weighted by atomic mass is 79.9. The number of ketones is 1. The molecule has 1 saturated heterocycles. The zero-order valence-electron chi connectivity index (χ0n) is 15.4. The molecule has 0 aliphatic carbocycles. The Bertz CT molecular complexity index is 958. The third-order valence-electron chi connectivity index (χ3n) is 5.24.